The number of benzene rings is 1. The van der Waals surface area contributed by atoms with E-state index < -0.39 is 0 Å². The highest BCUT2D eigenvalue weighted by Crippen LogP contribution is 2.27. The van der Waals surface area contributed by atoms with Crippen molar-refractivity contribution in [2.24, 2.45) is 0 Å². The second-order valence-corrected chi connectivity index (χ2v) is 3.75. The Kier molecular flexibility index (Phi) is 3.97. The van der Waals surface area contributed by atoms with Crippen LogP contribution in [0.5, 0.6) is 11.5 Å². The standard InChI is InChI=1S/C15H16NO2/c1-17-14-7-6-13(12-15(14)18-2)8-11-16-9-4-3-5-10-16/h3-12H,1-2H3/q+1/b11-8+. The predicted octanol–water partition coefficient (Wildman–Crippen LogP) is 2.62. The van der Waals surface area contributed by atoms with Crippen LogP contribution >= 0.6 is 0 Å². The van der Waals surface area contributed by atoms with E-state index in [1.807, 2.05) is 65.6 Å². The molecule has 18 heavy (non-hydrogen) atoms. The van der Waals surface area contributed by atoms with Crippen molar-refractivity contribution in [2.45, 2.75) is 0 Å². The van der Waals surface area contributed by atoms with Crippen LogP contribution in [0.1, 0.15) is 5.56 Å². The molecule has 2 aromatic rings. The molecule has 2 rings (SSSR count). The van der Waals surface area contributed by atoms with Gasteiger partial charge in [0.15, 0.2) is 30.1 Å². The van der Waals surface area contributed by atoms with Crippen LogP contribution < -0.4 is 14.0 Å². The normalized spacial score (nSPS) is 10.6. The number of nitrogens with zero attached hydrogens (tertiary/aromatic N) is 1. The second-order valence-electron chi connectivity index (χ2n) is 3.75. The lowest BCUT2D eigenvalue weighted by atomic mass is 10.2. The SMILES string of the molecule is COc1ccc(/C=C/[n+]2ccccc2)cc1OC. The van der Waals surface area contributed by atoms with E-state index in [4.69, 9.17) is 9.47 Å². The minimum absolute atomic E-state index is 0.734. The van der Waals surface area contributed by atoms with Gasteiger partial charge in [0, 0.05) is 18.2 Å². The molecule has 0 aliphatic rings. The molecule has 1 aromatic carbocycles. The van der Waals surface area contributed by atoms with Crippen molar-refractivity contribution in [3.05, 3.63) is 54.4 Å². The molecule has 1 heterocycles. The Morgan fingerprint density at radius 1 is 0.944 bits per heavy atom. The number of ether oxygens (including phenoxy) is 2. The Bertz CT molecular complexity index is 535. The molecule has 3 nitrogen and oxygen atoms in total. The summed E-state index contributed by atoms with van der Waals surface area (Å²) in [4.78, 5) is 0. The lowest BCUT2D eigenvalue weighted by Gasteiger charge is -2.07. The molecule has 0 saturated heterocycles. The third-order valence-corrected chi connectivity index (χ3v) is 2.59. The fourth-order valence-corrected chi connectivity index (χ4v) is 1.64. The summed E-state index contributed by atoms with van der Waals surface area (Å²) >= 11 is 0. The van der Waals surface area contributed by atoms with Crippen molar-refractivity contribution < 1.29 is 14.0 Å². The number of rotatable bonds is 4. The maximum absolute atomic E-state index is 5.26. The first-order valence-electron chi connectivity index (χ1n) is 5.69. The predicted molar refractivity (Wildman–Crippen MR) is 71.4 cm³/mol. The van der Waals surface area contributed by atoms with Gasteiger partial charge in [-0.3, -0.25) is 0 Å². The fourth-order valence-electron chi connectivity index (χ4n) is 1.64. The monoisotopic (exact) mass is 242 g/mol. The number of methoxy groups -OCH3 is 2. The lowest BCUT2D eigenvalue weighted by Crippen LogP contribution is -2.23. The average Bonchev–Trinajstić information content (AvgIpc) is 2.45. The van der Waals surface area contributed by atoms with Gasteiger partial charge in [0.1, 0.15) is 0 Å². The van der Waals surface area contributed by atoms with Crippen LogP contribution in [0.25, 0.3) is 12.3 Å². The number of aromatic nitrogens is 1. The quantitative estimate of drug-likeness (QED) is 0.769. The van der Waals surface area contributed by atoms with Crippen molar-refractivity contribution >= 4 is 12.3 Å². The maximum Gasteiger partial charge on any atom is 0.175 e. The largest absolute Gasteiger partial charge is 0.493 e. The highest BCUT2D eigenvalue weighted by molar-refractivity contribution is 5.60. The summed E-state index contributed by atoms with van der Waals surface area (Å²) in [6, 6.07) is 11.8. The van der Waals surface area contributed by atoms with Crippen LogP contribution in [0.3, 0.4) is 0 Å². The molecule has 0 unspecified atom stereocenters. The van der Waals surface area contributed by atoms with E-state index in [1.165, 1.54) is 0 Å². The van der Waals surface area contributed by atoms with E-state index in [-0.39, 0.29) is 0 Å². The van der Waals surface area contributed by atoms with Crippen LogP contribution in [-0.4, -0.2) is 14.2 Å². The molecule has 0 bridgehead atoms. The smallest absolute Gasteiger partial charge is 0.175 e. The van der Waals surface area contributed by atoms with Gasteiger partial charge >= 0.3 is 0 Å². The summed E-state index contributed by atoms with van der Waals surface area (Å²) in [6.07, 6.45) is 7.97. The summed E-state index contributed by atoms with van der Waals surface area (Å²) in [5.74, 6) is 1.47. The second kappa shape index (κ2) is 5.87. The molecule has 0 aliphatic heterocycles. The van der Waals surface area contributed by atoms with Crippen LogP contribution in [-0.2, 0) is 0 Å². The van der Waals surface area contributed by atoms with Gasteiger partial charge in [0.05, 0.1) is 14.2 Å². The minimum atomic E-state index is 0.734. The zero-order valence-electron chi connectivity index (χ0n) is 10.5. The highest BCUT2D eigenvalue weighted by Gasteiger charge is 2.03. The van der Waals surface area contributed by atoms with Gasteiger partial charge < -0.3 is 9.47 Å². The first-order chi connectivity index (χ1) is 8.83. The molecular weight excluding hydrogens is 226 g/mol. The molecule has 3 heteroatoms. The van der Waals surface area contributed by atoms with Crippen molar-refractivity contribution in [3.8, 4) is 11.5 Å². The van der Waals surface area contributed by atoms with Crippen LogP contribution in [0.15, 0.2) is 48.8 Å². The number of hydrogen-bond acceptors (Lipinski definition) is 2. The van der Waals surface area contributed by atoms with Gasteiger partial charge in [0.25, 0.3) is 0 Å². The third-order valence-electron chi connectivity index (χ3n) is 2.59. The number of hydrogen-bond donors (Lipinski definition) is 0. The minimum Gasteiger partial charge on any atom is -0.493 e. The molecule has 0 radical (unpaired) electrons. The Morgan fingerprint density at radius 2 is 1.67 bits per heavy atom. The molecule has 0 N–H and O–H groups in total. The highest BCUT2D eigenvalue weighted by atomic mass is 16.5. The van der Waals surface area contributed by atoms with Gasteiger partial charge in [-0.15, -0.1) is 0 Å². The van der Waals surface area contributed by atoms with Crippen LogP contribution in [0.4, 0.5) is 0 Å². The van der Waals surface area contributed by atoms with E-state index in [2.05, 4.69) is 0 Å². The van der Waals surface area contributed by atoms with E-state index in [9.17, 15) is 0 Å². The van der Waals surface area contributed by atoms with E-state index in [0.29, 0.717) is 0 Å². The Balaban J connectivity index is 2.22. The first kappa shape index (κ1) is 12.2. The molecule has 1 aromatic heterocycles. The maximum atomic E-state index is 5.26. The number of pyridine rings is 1. The summed E-state index contributed by atoms with van der Waals surface area (Å²) < 4.78 is 12.4. The Labute approximate surface area is 107 Å². The van der Waals surface area contributed by atoms with E-state index in [0.717, 1.165) is 17.1 Å². The van der Waals surface area contributed by atoms with Gasteiger partial charge in [0.2, 0.25) is 0 Å². The molecule has 0 amide bonds. The Hall–Kier alpha value is -2.29. The molecular formula is C15H16NO2+. The zero-order chi connectivity index (χ0) is 12.8. The van der Waals surface area contributed by atoms with E-state index >= 15 is 0 Å². The van der Waals surface area contributed by atoms with Gasteiger partial charge in [-0.25, -0.2) is 0 Å². The van der Waals surface area contributed by atoms with Crippen molar-refractivity contribution in [1.29, 1.82) is 0 Å². The van der Waals surface area contributed by atoms with Crippen molar-refractivity contribution in [2.75, 3.05) is 14.2 Å². The van der Waals surface area contributed by atoms with Gasteiger partial charge in [-0.1, -0.05) is 12.1 Å². The zero-order valence-corrected chi connectivity index (χ0v) is 10.5. The van der Waals surface area contributed by atoms with Gasteiger partial charge in [-0.05, 0) is 17.7 Å². The molecule has 0 fully saturated rings. The Morgan fingerprint density at radius 3 is 2.33 bits per heavy atom. The summed E-state index contributed by atoms with van der Waals surface area (Å²) in [5.41, 5.74) is 1.06. The molecule has 0 aliphatic carbocycles. The van der Waals surface area contributed by atoms with Crippen LogP contribution in [0.2, 0.25) is 0 Å². The average molecular weight is 242 g/mol. The van der Waals surface area contributed by atoms with Crippen molar-refractivity contribution in [1.82, 2.24) is 0 Å². The topological polar surface area (TPSA) is 22.3 Å². The summed E-state index contributed by atoms with van der Waals surface area (Å²) in [7, 11) is 3.27. The molecule has 0 saturated carbocycles. The van der Waals surface area contributed by atoms with Crippen LogP contribution in [0, 0.1) is 0 Å². The molecule has 0 atom stereocenters. The summed E-state index contributed by atoms with van der Waals surface area (Å²) in [6.45, 7) is 0. The first-order valence-corrected chi connectivity index (χ1v) is 5.69. The third kappa shape index (κ3) is 2.88. The molecule has 0 spiro atoms. The summed E-state index contributed by atoms with van der Waals surface area (Å²) in [5, 5.41) is 0. The van der Waals surface area contributed by atoms with E-state index in [1.54, 1.807) is 14.2 Å². The van der Waals surface area contributed by atoms with Gasteiger partial charge in [-0.2, -0.15) is 4.57 Å². The lowest BCUT2D eigenvalue weighted by molar-refractivity contribution is -0.567. The molecule has 92 valence electrons. The van der Waals surface area contributed by atoms with Crippen molar-refractivity contribution in [3.63, 3.8) is 0 Å². The fraction of sp³-hybridized carbons (Fsp3) is 0.133.